The summed E-state index contributed by atoms with van der Waals surface area (Å²) in [6, 6.07) is 5.32. The molecule has 0 bridgehead atoms. The first kappa shape index (κ1) is 21.8. The molecular weight excluding hydrogens is 426 g/mol. The first-order valence-corrected chi connectivity index (χ1v) is 11.4. The molecule has 0 radical (unpaired) electrons. The van der Waals surface area contributed by atoms with Crippen LogP contribution in [0.4, 0.5) is 11.8 Å². The predicted octanol–water partition coefficient (Wildman–Crippen LogP) is 3.24. The van der Waals surface area contributed by atoms with Gasteiger partial charge in [0, 0.05) is 17.5 Å². The van der Waals surface area contributed by atoms with Gasteiger partial charge in [-0.05, 0) is 25.0 Å². The number of hydrogen-bond acceptors (Lipinski definition) is 9. The molecular formula is C21H25N9OS. The maximum Gasteiger partial charge on any atom is 0.259 e. The van der Waals surface area contributed by atoms with Gasteiger partial charge in [-0.25, -0.2) is 15.0 Å². The highest BCUT2D eigenvalue weighted by molar-refractivity contribution is 7.17. The third-order valence-electron chi connectivity index (χ3n) is 5.06. The van der Waals surface area contributed by atoms with Gasteiger partial charge in [-0.1, -0.05) is 26.3 Å². The molecule has 166 valence electrons. The fourth-order valence-electron chi connectivity index (χ4n) is 3.34. The quantitative estimate of drug-likeness (QED) is 0.353. The van der Waals surface area contributed by atoms with Gasteiger partial charge in [0.2, 0.25) is 5.95 Å². The topological polar surface area (TPSA) is 137 Å². The zero-order valence-corrected chi connectivity index (χ0v) is 18.7. The lowest BCUT2D eigenvalue weighted by atomic mass is 10.0. The summed E-state index contributed by atoms with van der Waals surface area (Å²) in [4.78, 5) is 27.8. The fourth-order valence-corrected chi connectivity index (χ4v) is 4.18. The van der Waals surface area contributed by atoms with Crippen LogP contribution in [0.1, 0.15) is 43.5 Å². The van der Waals surface area contributed by atoms with Crippen LogP contribution in [0, 0.1) is 0 Å². The average molecular weight is 452 g/mol. The van der Waals surface area contributed by atoms with E-state index in [1.54, 1.807) is 42.2 Å². The summed E-state index contributed by atoms with van der Waals surface area (Å²) >= 11 is 1.42. The van der Waals surface area contributed by atoms with Gasteiger partial charge in [-0.15, -0.1) is 16.1 Å². The van der Waals surface area contributed by atoms with Crippen molar-refractivity contribution in [3.05, 3.63) is 47.7 Å². The van der Waals surface area contributed by atoms with Gasteiger partial charge >= 0.3 is 0 Å². The van der Waals surface area contributed by atoms with E-state index >= 15 is 0 Å². The molecule has 0 aliphatic carbocycles. The standard InChI is InChI=1S/C21H25N9OS/c1-3-6-15(14(22)4-2)26-21-23-11-16-19(29-21)13(12-32-16)20(31)28-17-7-5-8-18(27-17)30-24-9-10-25-30/h5,7-12,14-15H,3-4,6,22H2,1-2H3,(H,23,26,29)(H,27,28,31)/t14-,15+/m0/s1. The molecule has 4 heterocycles. The van der Waals surface area contributed by atoms with Gasteiger partial charge < -0.3 is 16.4 Å². The van der Waals surface area contributed by atoms with Crippen molar-refractivity contribution in [1.29, 1.82) is 0 Å². The third kappa shape index (κ3) is 4.73. The summed E-state index contributed by atoms with van der Waals surface area (Å²) in [6.07, 6.45) is 7.63. The Hall–Kier alpha value is -3.44. The van der Waals surface area contributed by atoms with Crippen molar-refractivity contribution < 1.29 is 4.79 Å². The highest BCUT2D eigenvalue weighted by Gasteiger charge is 2.19. The number of thiophene rings is 1. The van der Waals surface area contributed by atoms with Crippen LogP contribution in [0.5, 0.6) is 0 Å². The van der Waals surface area contributed by atoms with Crippen LogP contribution in [0.3, 0.4) is 0 Å². The molecule has 0 aliphatic heterocycles. The second kappa shape index (κ2) is 9.79. The van der Waals surface area contributed by atoms with Crippen LogP contribution in [-0.4, -0.2) is 47.9 Å². The van der Waals surface area contributed by atoms with Gasteiger partial charge in [0.1, 0.15) is 5.82 Å². The molecule has 1 amide bonds. The molecule has 4 rings (SSSR count). The summed E-state index contributed by atoms with van der Waals surface area (Å²) in [5.74, 6) is 1.08. The molecule has 0 aromatic carbocycles. The Bertz CT molecular complexity index is 1190. The lowest BCUT2D eigenvalue weighted by Crippen LogP contribution is -2.40. The van der Waals surface area contributed by atoms with Gasteiger partial charge in [0.25, 0.3) is 5.91 Å². The first-order chi connectivity index (χ1) is 15.6. The van der Waals surface area contributed by atoms with E-state index in [1.807, 2.05) is 0 Å². The van der Waals surface area contributed by atoms with Gasteiger partial charge in [0.15, 0.2) is 5.82 Å². The molecule has 10 nitrogen and oxygen atoms in total. The van der Waals surface area contributed by atoms with Crippen molar-refractivity contribution in [1.82, 2.24) is 29.9 Å². The fraction of sp³-hybridized carbons (Fsp3) is 0.333. The lowest BCUT2D eigenvalue weighted by molar-refractivity contribution is 0.102. The lowest BCUT2D eigenvalue weighted by Gasteiger charge is -2.23. The first-order valence-electron chi connectivity index (χ1n) is 10.5. The number of aromatic nitrogens is 6. The highest BCUT2D eigenvalue weighted by atomic mass is 32.1. The maximum atomic E-state index is 13.0. The second-order valence-corrected chi connectivity index (χ2v) is 8.23. The SMILES string of the molecule is CCC[C@@H](Nc1ncc2scc(C(=O)Nc3cccc(-n4nccn4)n3)c2n1)[C@@H](N)CC. The highest BCUT2D eigenvalue weighted by Crippen LogP contribution is 2.26. The Kier molecular flexibility index (Phi) is 6.66. The summed E-state index contributed by atoms with van der Waals surface area (Å²) in [7, 11) is 0. The number of carbonyl (C=O) groups excluding carboxylic acids is 1. The van der Waals surface area contributed by atoms with E-state index in [9.17, 15) is 4.79 Å². The molecule has 0 aliphatic rings. The molecule has 4 aromatic rings. The van der Waals surface area contributed by atoms with Crippen molar-refractivity contribution in [3.63, 3.8) is 0 Å². The van der Waals surface area contributed by atoms with Crippen LogP contribution in [0.15, 0.2) is 42.2 Å². The van der Waals surface area contributed by atoms with E-state index in [-0.39, 0.29) is 18.0 Å². The number of pyridine rings is 1. The van der Waals surface area contributed by atoms with E-state index < -0.39 is 0 Å². The number of rotatable bonds is 9. The molecule has 32 heavy (non-hydrogen) atoms. The Morgan fingerprint density at radius 1 is 1.22 bits per heavy atom. The van der Waals surface area contributed by atoms with E-state index in [1.165, 1.54) is 16.1 Å². The Morgan fingerprint density at radius 2 is 2.03 bits per heavy atom. The van der Waals surface area contributed by atoms with Gasteiger partial charge in [0.05, 0.1) is 34.4 Å². The van der Waals surface area contributed by atoms with Crippen LogP contribution in [-0.2, 0) is 0 Å². The molecule has 4 N–H and O–H groups in total. The van der Waals surface area contributed by atoms with E-state index in [2.05, 4.69) is 49.6 Å². The van der Waals surface area contributed by atoms with Crippen molar-refractivity contribution in [2.75, 3.05) is 10.6 Å². The molecule has 0 spiro atoms. The zero-order valence-electron chi connectivity index (χ0n) is 17.9. The Balaban J connectivity index is 1.56. The minimum atomic E-state index is -0.297. The number of amides is 1. The predicted molar refractivity (Wildman–Crippen MR) is 125 cm³/mol. The zero-order chi connectivity index (χ0) is 22.5. The number of hydrogen-bond donors (Lipinski definition) is 3. The number of fused-ring (bicyclic) bond motifs is 1. The van der Waals surface area contributed by atoms with E-state index in [0.29, 0.717) is 28.7 Å². The van der Waals surface area contributed by atoms with Crippen molar-refractivity contribution in [2.45, 2.75) is 45.2 Å². The molecule has 2 atom stereocenters. The molecule has 0 saturated heterocycles. The summed E-state index contributed by atoms with van der Waals surface area (Å²) < 4.78 is 0.829. The molecule has 0 saturated carbocycles. The number of nitrogens with zero attached hydrogens (tertiary/aromatic N) is 6. The summed E-state index contributed by atoms with van der Waals surface area (Å²) in [5.41, 5.74) is 7.31. The van der Waals surface area contributed by atoms with Crippen LogP contribution in [0.2, 0.25) is 0 Å². The normalized spacial score (nSPS) is 13.1. The number of carbonyl (C=O) groups is 1. The number of nitrogens with one attached hydrogen (secondary N) is 2. The molecule has 4 aromatic heterocycles. The molecule has 0 fully saturated rings. The van der Waals surface area contributed by atoms with Crippen LogP contribution in [0.25, 0.3) is 16.0 Å². The van der Waals surface area contributed by atoms with Crippen molar-refractivity contribution in [3.8, 4) is 5.82 Å². The molecule has 0 unspecified atom stereocenters. The largest absolute Gasteiger partial charge is 0.350 e. The maximum absolute atomic E-state index is 13.0. The minimum Gasteiger partial charge on any atom is -0.350 e. The van der Waals surface area contributed by atoms with Crippen LogP contribution >= 0.6 is 11.3 Å². The molecule has 11 heteroatoms. The van der Waals surface area contributed by atoms with E-state index in [0.717, 1.165) is 24.0 Å². The van der Waals surface area contributed by atoms with Gasteiger partial charge in [-0.3, -0.25) is 4.79 Å². The van der Waals surface area contributed by atoms with Gasteiger partial charge in [-0.2, -0.15) is 10.2 Å². The second-order valence-electron chi connectivity index (χ2n) is 7.32. The summed E-state index contributed by atoms with van der Waals surface area (Å²) in [5, 5.41) is 16.1. The number of anilines is 2. The van der Waals surface area contributed by atoms with Crippen molar-refractivity contribution >= 4 is 39.2 Å². The van der Waals surface area contributed by atoms with E-state index in [4.69, 9.17) is 5.73 Å². The minimum absolute atomic E-state index is 0.00196. The van der Waals surface area contributed by atoms with Crippen LogP contribution < -0.4 is 16.4 Å². The average Bonchev–Trinajstić information content (AvgIpc) is 3.48. The Labute approximate surface area is 189 Å². The summed E-state index contributed by atoms with van der Waals surface area (Å²) in [6.45, 7) is 4.18. The third-order valence-corrected chi connectivity index (χ3v) is 5.97. The number of nitrogens with two attached hydrogens (primary N) is 1. The Morgan fingerprint density at radius 3 is 2.78 bits per heavy atom. The van der Waals surface area contributed by atoms with Crippen molar-refractivity contribution in [2.24, 2.45) is 5.73 Å². The monoisotopic (exact) mass is 451 g/mol. The smallest absolute Gasteiger partial charge is 0.259 e.